The molecule has 2 rings (SSSR count). The average Bonchev–Trinajstić information content (AvgIpc) is 2.96. The van der Waals surface area contributed by atoms with Gasteiger partial charge in [0.15, 0.2) is 0 Å². The molecule has 2 fully saturated rings. The Kier molecular flexibility index (Phi) is 5.36. The lowest BCUT2D eigenvalue weighted by molar-refractivity contribution is -0.145. The van der Waals surface area contributed by atoms with Gasteiger partial charge >= 0.3 is 5.97 Å². The van der Waals surface area contributed by atoms with Crippen molar-refractivity contribution in [2.75, 3.05) is 33.5 Å². The van der Waals surface area contributed by atoms with E-state index in [4.69, 9.17) is 9.47 Å². The SMILES string of the molecule is COC(=O)C1CCCC1S(=O)(=O)NCC1COCCO1. The zero-order chi connectivity index (χ0) is 14.6. The van der Waals surface area contributed by atoms with Gasteiger partial charge in [0.2, 0.25) is 10.0 Å². The summed E-state index contributed by atoms with van der Waals surface area (Å²) in [4.78, 5) is 11.6. The molecule has 3 unspecified atom stereocenters. The number of methoxy groups -OCH3 is 1. The van der Waals surface area contributed by atoms with Gasteiger partial charge in [0, 0.05) is 6.54 Å². The maximum atomic E-state index is 12.3. The fourth-order valence-corrected chi connectivity index (χ4v) is 4.48. The number of carbonyl (C=O) groups excluding carboxylic acids is 1. The number of hydrogen-bond acceptors (Lipinski definition) is 6. The second-order valence-corrected chi connectivity index (χ2v) is 7.04. The summed E-state index contributed by atoms with van der Waals surface area (Å²) < 4.78 is 42.4. The molecule has 2 aliphatic rings. The number of ether oxygens (including phenoxy) is 3. The predicted octanol–water partition coefficient (Wildman–Crippen LogP) is -0.337. The van der Waals surface area contributed by atoms with E-state index in [-0.39, 0.29) is 12.6 Å². The minimum Gasteiger partial charge on any atom is -0.469 e. The van der Waals surface area contributed by atoms with E-state index in [1.807, 2.05) is 0 Å². The van der Waals surface area contributed by atoms with Crippen LogP contribution in [0.5, 0.6) is 0 Å². The highest BCUT2D eigenvalue weighted by atomic mass is 32.2. The Labute approximate surface area is 119 Å². The van der Waals surface area contributed by atoms with Crippen LogP contribution in [0.4, 0.5) is 0 Å². The van der Waals surface area contributed by atoms with Crippen molar-refractivity contribution < 1.29 is 27.4 Å². The third-order valence-corrected chi connectivity index (χ3v) is 5.68. The number of hydrogen-bond donors (Lipinski definition) is 1. The Hall–Kier alpha value is -0.700. The van der Waals surface area contributed by atoms with Gasteiger partial charge in [-0.1, -0.05) is 6.42 Å². The van der Waals surface area contributed by atoms with Gasteiger partial charge in [0.25, 0.3) is 0 Å². The molecule has 1 heterocycles. The van der Waals surface area contributed by atoms with Crippen molar-refractivity contribution in [2.45, 2.75) is 30.6 Å². The molecule has 0 radical (unpaired) electrons. The maximum Gasteiger partial charge on any atom is 0.310 e. The summed E-state index contributed by atoms with van der Waals surface area (Å²) in [6.07, 6.45) is 1.49. The normalized spacial score (nSPS) is 31.1. The van der Waals surface area contributed by atoms with Crippen LogP contribution in [-0.4, -0.2) is 59.2 Å². The van der Waals surface area contributed by atoms with E-state index in [1.54, 1.807) is 0 Å². The van der Waals surface area contributed by atoms with E-state index in [2.05, 4.69) is 9.46 Å². The monoisotopic (exact) mass is 307 g/mol. The van der Waals surface area contributed by atoms with Crippen LogP contribution in [0, 0.1) is 5.92 Å². The summed E-state index contributed by atoms with van der Waals surface area (Å²) in [5.41, 5.74) is 0. The molecule has 3 atom stereocenters. The molecule has 1 N–H and O–H groups in total. The van der Waals surface area contributed by atoms with Crippen LogP contribution in [0.25, 0.3) is 0 Å². The summed E-state index contributed by atoms with van der Waals surface area (Å²) in [5.74, 6) is -1.02. The van der Waals surface area contributed by atoms with Gasteiger partial charge in [0.05, 0.1) is 44.2 Å². The Morgan fingerprint density at radius 3 is 2.80 bits per heavy atom. The smallest absolute Gasteiger partial charge is 0.310 e. The first kappa shape index (κ1) is 15.7. The van der Waals surface area contributed by atoms with Crippen LogP contribution < -0.4 is 4.72 Å². The van der Waals surface area contributed by atoms with E-state index >= 15 is 0 Å². The molecular weight excluding hydrogens is 286 g/mol. The van der Waals surface area contributed by atoms with Crippen molar-refractivity contribution in [3.63, 3.8) is 0 Å². The minimum absolute atomic E-state index is 0.173. The lowest BCUT2D eigenvalue weighted by Gasteiger charge is -2.24. The highest BCUT2D eigenvalue weighted by Crippen LogP contribution is 2.31. The first-order chi connectivity index (χ1) is 9.54. The lowest BCUT2D eigenvalue weighted by Crippen LogP contribution is -2.45. The highest BCUT2D eigenvalue weighted by Gasteiger charge is 2.42. The molecule has 1 saturated heterocycles. The highest BCUT2D eigenvalue weighted by molar-refractivity contribution is 7.90. The minimum atomic E-state index is -3.55. The molecule has 0 bridgehead atoms. The van der Waals surface area contributed by atoms with Gasteiger partial charge in [0.1, 0.15) is 0 Å². The van der Waals surface area contributed by atoms with E-state index in [0.717, 1.165) is 0 Å². The first-order valence-electron chi connectivity index (χ1n) is 6.80. The van der Waals surface area contributed by atoms with Gasteiger partial charge in [-0.05, 0) is 12.8 Å². The third kappa shape index (κ3) is 3.69. The fourth-order valence-electron chi connectivity index (χ4n) is 2.69. The average molecular weight is 307 g/mol. The van der Waals surface area contributed by atoms with E-state index < -0.39 is 27.2 Å². The number of carbonyl (C=O) groups is 1. The molecule has 1 aliphatic carbocycles. The molecule has 20 heavy (non-hydrogen) atoms. The fraction of sp³-hybridized carbons (Fsp3) is 0.917. The summed E-state index contributed by atoms with van der Waals surface area (Å²) in [5, 5.41) is -0.709. The topological polar surface area (TPSA) is 90.9 Å². The quantitative estimate of drug-likeness (QED) is 0.699. The second-order valence-electron chi connectivity index (χ2n) is 5.06. The van der Waals surface area contributed by atoms with E-state index in [0.29, 0.717) is 39.1 Å². The van der Waals surface area contributed by atoms with Crippen molar-refractivity contribution in [1.29, 1.82) is 0 Å². The molecule has 7 nitrogen and oxygen atoms in total. The van der Waals surface area contributed by atoms with Gasteiger partial charge in [-0.2, -0.15) is 0 Å². The molecule has 1 saturated carbocycles. The summed E-state index contributed by atoms with van der Waals surface area (Å²) >= 11 is 0. The number of nitrogens with one attached hydrogen (secondary N) is 1. The van der Waals surface area contributed by atoms with Gasteiger partial charge < -0.3 is 14.2 Å². The first-order valence-corrected chi connectivity index (χ1v) is 8.35. The Morgan fingerprint density at radius 2 is 2.15 bits per heavy atom. The van der Waals surface area contributed by atoms with Crippen molar-refractivity contribution in [1.82, 2.24) is 4.72 Å². The van der Waals surface area contributed by atoms with E-state index in [9.17, 15) is 13.2 Å². The Balaban J connectivity index is 1.93. The molecule has 0 aromatic heterocycles. The van der Waals surface area contributed by atoms with Gasteiger partial charge in [-0.15, -0.1) is 0 Å². The van der Waals surface area contributed by atoms with Crippen LogP contribution in [0.3, 0.4) is 0 Å². The molecule has 116 valence electrons. The maximum absolute atomic E-state index is 12.3. The van der Waals surface area contributed by atoms with Gasteiger partial charge in [-0.25, -0.2) is 13.1 Å². The van der Waals surface area contributed by atoms with Gasteiger partial charge in [-0.3, -0.25) is 4.79 Å². The van der Waals surface area contributed by atoms with E-state index in [1.165, 1.54) is 7.11 Å². The lowest BCUT2D eigenvalue weighted by atomic mass is 10.1. The largest absolute Gasteiger partial charge is 0.469 e. The van der Waals surface area contributed by atoms with Crippen LogP contribution in [0.2, 0.25) is 0 Å². The predicted molar refractivity (Wildman–Crippen MR) is 70.6 cm³/mol. The summed E-state index contributed by atoms with van der Waals surface area (Å²) in [6.45, 7) is 1.57. The number of esters is 1. The van der Waals surface area contributed by atoms with Crippen molar-refractivity contribution in [3.8, 4) is 0 Å². The van der Waals surface area contributed by atoms with Crippen LogP contribution in [0.1, 0.15) is 19.3 Å². The molecule has 0 aromatic carbocycles. The van der Waals surface area contributed by atoms with Crippen LogP contribution >= 0.6 is 0 Å². The molecule has 0 spiro atoms. The third-order valence-electron chi connectivity index (χ3n) is 3.75. The number of sulfonamides is 1. The summed E-state index contributed by atoms with van der Waals surface area (Å²) in [7, 11) is -2.27. The molecule has 0 amide bonds. The molecular formula is C12H21NO6S. The van der Waals surface area contributed by atoms with Crippen LogP contribution in [-0.2, 0) is 29.0 Å². The Bertz CT molecular complexity index is 431. The molecule has 1 aliphatic heterocycles. The van der Waals surface area contributed by atoms with Crippen molar-refractivity contribution in [2.24, 2.45) is 5.92 Å². The standard InChI is InChI=1S/C12H21NO6S/c1-17-12(14)10-3-2-4-11(10)20(15,16)13-7-9-8-18-5-6-19-9/h9-11,13H,2-8H2,1H3. The zero-order valence-corrected chi connectivity index (χ0v) is 12.4. The van der Waals surface area contributed by atoms with Crippen molar-refractivity contribution in [3.05, 3.63) is 0 Å². The molecule has 8 heteroatoms. The zero-order valence-electron chi connectivity index (χ0n) is 11.5. The summed E-state index contributed by atoms with van der Waals surface area (Å²) in [6, 6.07) is 0. The van der Waals surface area contributed by atoms with Crippen LogP contribution in [0.15, 0.2) is 0 Å². The van der Waals surface area contributed by atoms with Crippen molar-refractivity contribution >= 4 is 16.0 Å². The second kappa shape index (κ2) is 6.84. The Morgan fingerprint density at radius 1 is 1.35 bits per heavy atom. The molecule has 0 aromatic rings. The number of rotatable bonds is 5.